The molecule has 1 aliphatic heterocycles. The lowest BCUT2D eigenvalue weighted by Gasteiger charge is -2.21. The van der Waals surface area contributed by atoms with Crippen molar-refractivity contribution in [1.29, 1.82) is 0 Å². The molecule has 1 aromatic heterocycles. The monoisotopic (exact) mass is 263 g/mol. The van der Waals surface area contributed by atoms with Crippen molar-refractivity contribution in [2.75, 3.05) is 13.2 Å². The molecule has 1 aliphatic rings. The predicted molar refractivity (Wildman–Crippen MR) is 73.5 cm³/mol. The van der Waals surface area contributed by atoms with Crippen LogP contribution in [0.3, 0.4) is 0 Å². The number of hydrogen-bond donors (Lipinski definition) is 1. The summed E-state index contributed by atoms with van der Waals surface area (Å²) in [6.45, 7) is 4.70. The summed E-state index contributed by atoms with van der Waals surface area (Å²) in [4.78, 5) is 13.9. The summed E-state index contributed by atoms with van der Waals surface area (Å²) >= 11 is 0. The number of rotatable bonds is 3. The van der Waals surface area contributed by atoms with Crippen LogP contribution in [-0.2, 0) is 11.8 Å². The molecule has 5 nitrogen and oxygen atoms in total. The molecule has 1 atom stereocenters. The van der Waals surface area contributed by atoms with Gasteiger partial charge in [0.15, 0.2) is 0 Å². The third-order valence-electron chi connectivity index (χ3n) is 3.83. The van der Waals surface area contributed by atoms with E-state index in [0.717, 1.165) is 36.3 Å². The lowest BCUT2D eigenvalue weighted by Crippen LogP contribution is -2.36. The second kappa shape index (κ2) is 5.57. The molecule has 1 amide bonds. The maximum absolute atomic E-state index is 12.1. The first kappa shape index (κ1) is 13.8. The van der Waals surface area contributed by atoms with Gasteiger partial charge in [-0.15, -0.1) is 0 Å². The smallest absolute Gasteiger partial charge is 0.246 e. The molecule has 0 aromatic carbocycles. The van der Waals surface area contributed by atoms with Crippen LogP contribution in [0, 0.1) is 13.8 Å². The highest BCUT2D eigenvalue weighted by Crippen LogP contribution is 2.18. The standard InChI is InChI=1S/C14H21N3O2/c1-10-13(11(2)16(3)15-10)6-7-14(19)17-8-4-5-12(17)9-18/h6-7,12,18H,4-5,8-9H2,1-3H3. The highest BCUT2D eigenvalue weighted by molar-refractivity contribution is 5.92. The molecule has 19 heavy (non-hydrogen) atoms. The van der Waals surface area contributed by atoms with Gasteiger partial charge in [0, 0.05) is 30.9 Å². The zero-order valence-corrected chi connectivity index (χ0v) is 11.8. The van der Waals surface area contributed by atoms with E-state index in [2.05, 4.69) is 5.10 Å². The van der Waals surface area contributed by atoms with Gasteiger partial charge in [-0.3, -0.25) is 9.48 Å². The summed E-state index contributed by atoms with van der Waals surface area (Å²) in [6, 6.07) is -0.0201. The van der Waals surface area contributed by atoms with E-state index in [1.54, 1.807) is 11.0 Å². The number of aryl methyl sites for hydroxylation is 2. The van der Waals surface area contributed by atoms with Crippen molar-refractivity contribution in [3.8, 4) is 0 Å². The summed E-state index contributed by atoms with van der Waals surface area (Å²) in [5.41, 5.74) is 2.96. The maximum Gasteiger partial charge on any atom is 0.246 e. The molecule has 2 heterocycles. The first-order valence-electron chi connectivity index (χ1n) is 6.64. The summed E-state index contributed by atoms with van der Waals surface area (Å²) < 4.78 is 1.81. The first-order valence-corrected chi connectivity index (χ1v) is 6.64. The van der Waals surface area contributed by atoms with Crippen molar-refractivity contribution >= 4 is 12.0 Å². The Hall–Kier alpha value is -1.62. The number of amides is 1. The van der Waals surface area contributed by atoms with E-state index in [9.17, 15) is 9.90 Å². The molecular weight excluding hydrogens is 242 g/mol. The Morgan fingerprint density at radius 3 is 2.84 bits per heavy atom. The van der Waals surface area contributed by atoms with Gasteiger partial charge in [-0.05, 0) is 32.8 Å². The van der Waals surface area contributed by atoms with E-state index in [1.165, 1.54) is 0 Å². The predicted octanol–water partition coefficient (Wildman–Crippen LogP) is 1.03. The van der Waals surface area contributed by atoms with Gasteiger partial charge in [-0.2, -0.15) is 5.10 Å². The van der Waals surface area contributed by atoms with Gasteiger partial charge in [0.05, 0.1) is 18.3 Å². The number of nitrogens with zero attached hydrogens (tertiary/aromatic N) is 3. The Morgan fingerprint density at radius 1 is 1.53 bits per heavy atom. The van der Waals surface area contributed by atoms with Crippen LogP contribution in [0.15, 0.2) is 6.08 Å². The molecule has 2 rings (SSSR count). The van der Waals surface area contributed by atoms with Gasteiger partial charge in [-0.1, -0.05) is 0 Å². The molecule has 0 bridgehead atoms. The minimum absolute atomic E-state index is 0.0201. The van der Waals surface area contributed by atoms with Crippen LogP contribution < -0.4 is 0 Å². The molecular formula is C14H21N3O2. The van der Waals surface area contributed by atoms with Crippen LogP contribution in [0.2, 0.25) is 0 Å². The van der Waals surface area contributed by atoms with Crippen LogP contribution in [0.1, 0.15) is 29.8 Å². The first-order chi connectivity index (χ1) is 9.04. The van der Waals surface area contributed by atoms with E-state index in [1.807, 2.05) is 31.7 Å². The SMILES string of the molecule is Cc1nn(C)c(C)c1C=CC(=O)N1CCCC1CO. The minimum Gasteiger partial charge on any atom is -0.394 e. The fourth-order valence-corrected chi connectivity index (χ4v) is 2.60. The second-order valence-corrected chi connectivity index (χ2v) is 5.05. The number of carbonyl (C=O) groups excluding carboxylic acids is 1. The van der Waals surface area contributed by atoms with Crippen molar-refractivity contribution in [2.24, 2.45) is 7.05 Å². The van der Waals surface area contributed by atoms with Gasteiger partial charge >= 0.3 is 0 Å². The lowest BCUT2D eigenvalue weighted by molar-refractivity contribution is -0.127. The highest BCUT2D eigenvalue weighted by atomic mass is 16.3. The van der Waals surface area contributed by atoms with E-state index in [4.69, 9.17) is 0 Å². The molecule has 5 heteroatoms. The number of aliphatic hydroxyl groups excluding tert-OH is 1. The number of hydrogen-bond acceptors (Lipinski definition) is 3. The van der Waals surface area contributed by atoms with Gasteiger partial charge in [0.25, 0.3) is 0 Å². The number of aliphatic hydroxyl groups is 1. The zero-order chi connectivity index (χ0) is 14.0. The third-order valence-corrected chi connectivity index (χ3v) is 3.83. The molecule has 0 saturated carbocycles. The van der Waals surface area contributed by atoms with Gasteiger partial charge in [-0.25, -0.2) is 0 Å². The van der Waals surface area contributed by atoms with Gasteiger partial charge in [0.1, 0.15) is 0 Å². The summed E-state index contributed by atoms with van der Waals surface area (Å²) in [5, 5.41) is 13.5. The molecule has 1 saturated heterocycles. The Labute approximate surface area is 113 Å². The van der Waals surface area contributed by atoms with Gasteiger partial charge < -0.3 is 10.0 Å². The lowest BCUT2D eigenvalue weighted by atomic mass is 10.2. The Balaban J connectivity index is 2.12. The van der Waals surface area contributed by atoms with Crippen molar-refractivity contribution in [2.45, 2.75) is 32.7 Å². The minimum atomic E-state index is -0.0285. The van der Waals surface area contributed by atoms with Crippen LogP contribution in [0.4, 0.5) is 0 Å². The van der Waals surface area contributed by atoms with E-state index in [0.29, 0.717) is 0 Å². The molecule has 0 radical (unpaired) electrons. The molecule has 0 aliphatic carbocycles. The topological polar surface area (TPSA) is 58.4 Å². The van der Waals surface area contributed by atoms with Crippen LogP contribution in [0.25, 0.3) is 6.08 Å². The Bertz CT molecular complexity index is 505. The van der Waals surface area contributed by atoms with E-state index >= 15 is 0 Å². The largest absolute Gasteiger partial charge is 0.394 e. The van der Waals surface area contributed by atoms with E-state index < -0.39 is 0 Å². The summed E-state index contributed by atoms with van der Waals surface area (Å²) in [6.07, 6.45) is 5.27. The fraction of sp³-hybridized carbons (Fsp3) is 0.571. The second-order valence-electron chi connectivity index (χ2n) is 5.05. The summed E-state index contributed by atoms with van der Waals surface area (Å²) in [5.74, 6) is -0.0285. The fourth-order valence-electron chi connectivity index (χ4n) is 2.60. The quantitative estimate of drug-likeness (QED) is 0.829. The van der Waals surface area contributed by atoms with Crippen molar-refractivity contribution in [3.05, 3.63) is 23.0 Å². The molecule has 1 unspecified atom stereocenters. The van der Waals surface area contributed by atoms with Crippen molar-refractivity contribution in [1.82, 2.24) is 14.7 Å². The van der Waals surface area contributed by atoms with Crippen LogP contribution in [0.5, 0.6) is 0 Å². The molecule has 1 fully saturated rings. The maximum atomic E-state index is 12.1. The number of aromatic nitrogens is 2. The number of likely N-dealkylation sites (tertiary alicyclic amines) is 1. The third kappa shape index (κ3) is 2.71. The highest BCUT2D eigenvalue weighted by Gasteiger charge is 2.26. The van der Waals surface area contributed by atoms with Crippen LogP contribution in [-0.4, -0.2) is 44.9 Å². The van der Waals surface area contributed by atoms with Crippen molar-refractivity contribution in [3.63, 3.8) is 0 Å². The molecule has 0 spiro atoms. The zero-order valence-electron chi connectivity index (χ0n) is 11.8. The Morgan fingerprint density at radius 2 is 2.26 bits per heavy atom. The molecule has 104 valence electrons. The normalized spacial score (nSPS) is 19.6. The number of carbonyl (C=O) groups is 1. The Kier molecular flexibility index (Phi) is 4.04. The average Bonchev–Trinajstić information content (AvgIpc) is 2.94. The molecule has 1 aromatic rings. The average molecular weight is 263 g/mol. The van der Waals surface area contributed by atoms with Crippen molar-refractivity contribution < 1.29 is 9.90 Å². The van der Waals surface area contributed by atoms with Crippen LogP contribution >= 0.6 is 0 Å². The van der Waals surface area contributed by atoms with E-state index in [-0.39, 0.29) is 18.6 Å². The van der Waals surface area contributed by atoms with Gasteiger partial charge in [0.2, 0.25) is 5.91 Å². The summed E-state index contributed by atoms with van der Waals surface area (Å²) in [7, 11) is 1.89. The molecule has 1 N–H and O–H groups in total.